The van der Waals surface area contributed by atoms with Crippen LogP contribution in [0.3, 0.4) is 0 Å². The lowest BCUT2D eigenvalue weighted by Gasteiger charge is -2.09. The van der Waals surface area contributed by atoms with Crippen molar-refractivity contribution in [3.05, 3.63) is 45.4 Å². The Morgan fingerprint density at radius 3 is 2.75 bits per heavy atom. The van der Waals surface area contributed by atoms with Crippen molar-refractivity contribution < 1.29 is 9.50 Å². The number of hydrogen-bond acceptors (Lipinski definition) is 4. The van der Waals surface area contributed by atoms with Crippen LogP contribution in [-0.4, -0.2) is 15.1 Å². The van der Waals surface area contributed by atoms with Crippen LogP contribution < -0.4 is 0 Å². The summed E-state index contributed by atoms with van der Waals surface area (Å²) < 4.78 is 13.4. The number of aromatic nitrogens is 2. The summed E-state index contributed by atoms with van der Waals surface area (Å²) >= 11 is 1.38. The molecule has 0 fully saturated rings. The zero-order valence-corrected chi connectivity index (χ0v) is 9.75. The van der Waals surface area contributed by atoms with Gasteiger partial charge < -0.3 is 5.11 Å². The van der Waals surface area contributed by atoms with E-state index in [4.69, 9.17) is 0 Å². The minimum Gasteiger partial charge on any atom is -0.383 e. The van der Waals surface area contributed by atoms with Crippen LogP contribution >= 0.6 is 11.3 Å². The first-order valence-corrected chi connectivity index (χ1v) is 5.62. The van der Waals surface area contributed by atoms with E-state index in [0.717, 1.165) is 16.9 Å². The first-order valence-electron chi connectivity index (χ1n) is 4.81. The van der Waals surface area contributed by atoms with Gasteiger partial charge in [0.15, 0.2) is 0 Å². The molecule has 0 saturated heterocycles. The SMILES string of the molecule is Cc1nc(C)c(C(O)c2ccncc2F)s1. The molecule has 0 amide bonds. The van der Waals surface area contributed by atoms with Gasteiger partial charge in [0.05, 0.1) is 21.8 Å². The molecule has 0 radical (unpaired) electrons. The van der Waals surface area contributed by atoms with Crippen LogP contribution in [0.25, 0.3) is 0 Å². The van der Waals surface area contributed by atoms with Crippen molar-refractivity contribution in [2.24, 2.45) is 0 Å². The number of aliphatic hydroxyl groups excluding tert-OH is 1. The van der Waals surface area contributed by atoms with Crippen molar-refractivity contribution in [3.8, 4) is 0 Å². The zero-order valence-electron chi connectivity index (χ0n) is 8.94. The largest absolute Gasteiger partial charge is 0.383 e. The predicted molar refractivity (Wildman–Crippen MR) is 59.8 cm³/mol. The Hall–Kier alpha value is -1.33. The maximum Gasteiger partial charge on any atom is 0.147 e. The first-order chi connectivity index (χ1) is 7.59. The molecule has 2 heterocycles. The molecular formula is C11H11FN2OS. The molecule has 0 aliphatic carbocycles. The third kappa shape index (κ3) is 1.96. The van der Waals surface area contributed by atoms with Crippen LogP contribution in [0.15, 0.2) is 18.5 Å². The van der Waals surface area contributed by atoms with E-state index in [-0.39, 0.29) is 5.56 Å². The summed E-state index contributed by atoms with van der Waals surface area (Å²) in [5.74, 6) is -0.500. The van der Waals surface area contributed by atoms with Crippen molar-refractivity contribution in [1.29, 1.82) is 0 Å². The maximum atomic E-state index is 13.4. The standard InChI is InChI=1S/C11H11FN2OS/c1-6-11(16-7(2)14-6)10(15)8-3-4-13-5-9(8)12/h3-5,10,15H,1-2H3. The number of nitrogens with zero attached hydrogens (tertiary/aromatic N) is 2. The third-order valence-electron chi connectivity index (χ3n) is 2.29. The van der Waals surface area contributed by atoms with E-state index in [9.17, 15) is 9.50 Å². The lowest BCUT2D eigenvalue weighted by atomic mass is 10.1. The number of aryl methyl sites for hydroxylation is 2. The van der Waals surface area contributed by atoms with Gasteiger partial charge in [0, 0.05) is 11.8 Å². The monoisotopic (exact) mass is 238 g/mol. The summed E-state index contributed by atoms with van der Waals surface area (Å²) in [4.78, 5) is 8.54. The molecule has 0 spiro atoms. The minimum atomic E-state index is -0.964. The molecule has 0 aromatic carbocycles. The van der Waals surface area contributed by atoms with Gasteiger partial charge in [0.1, 0.15) is 11.9 Å². The number of aliphatic hydroxyl groups is 1. The predicted octanol–water partition coefficient (Wildman–Crippen LogP) is 2.38. The van der Waals surface area contributed by atoms with E-state index in [0.29, 0.717) is 4.88 Å². The summed E-state index contributed by atoms with van der Waals surface area (Å²) in [6, 6.07) is 1.48. The summed E-state index contributed by atoms with van der Waals surface area (Å²) in [6.45, 7) is 3.66. The zero-order chi connectivity index (χ0) is 11.7. The summed E-state index contributed by atoms with van der Waals surface area (Å²) in [6.07, 6.45) is 1.60. The lowest BCUT2D eigenvalue weighted by molar-refractivity contribution is 0.217. The average Bonchev–Trinajstić information content (AvgIpc) is 2.58. The van der Waals surface area contributed by atoms with E-state index in [1.807, 2.05) is 6.92 Å². The molecule has 1 N–H and O–H groups in total. The van der Waals surface area contributed by atoms with E-state index < -0.39 is 11.9 Å². The Bertz CT molecular complexity index is 512. The Morgan fingerprint density at radius 1 is 1.44 bits per heavy atom. The van der Waals surface area contributed by atoms with Crippen LogP contribution in [0.2, 0.25) is 0 Å². The van der Waals surface area contributed by atoms with Crippen LogP contribution in [-0.2, 0) is 0 Å². The Kier molecular flexibility index (Phi) is 2.98. The highest BCUT2D eigenvalue weighted by atomic mass is 32.1. The summed E-state index contributed by atoms with van der Waals surface area (Å²) in [7, 11) is 0. The molecular weight excluding hydrogens is 227 g/mol. The Balaban J connectivity index is 2.43. The first kappa shape index (κ1) is 11.2. The fraction of sp³-hybridized carbons (Fsp3) is 0.273. The Morgan fingerprint density at radius 2 is 2.19 bits per heavy atom. The highest BCUT2D eigenvalue weighted by Gasteiger charge is 2.19. The second kappa shape index (κ2) is 4.27. The molecule has 5 heteroatoms. The molecule has 2 aromatic heterocycles. The number of thiazole rings is 1. The second-order valence-corrected chi connectivity index (χ2v) is 4.72. The fourth-order valence-corrected chi connectivity index (χ4v) is 2.48. The second-order valence-electron chi connectivity index (χ2n) is 3.48. The van der Waals surface area contributed by atoms with Crippen molar-refractivity contribution in [2.75, 3.05) is 0 Å². The number of rotatable bonds is 2. The van der Waals surface area contributed by atoms with Crippen molar-refractivity contribution in [1.82, 2.24) is 9.97 Å². The number of pyridine rings is 1. The molecule has 2 aromatic rings. The number of halogens is 1. The smallest absolute Gasteiger partial charge is 0.147 e. The third-order valence-corrected chi connectivity index (χ3v) is 3.41. The molecule has 0 saturated carbocycles. The topological polar surface area (TPSA) is 46.0 Å². The molecule has 3 nitrogen and oxygen atoms in total. The van der Waals surface area contributed by atoms with Gasteiger partial charge in [0.2, 0.25) is 0 Å². The van der Waals surface area contributed by atoms with Crippen molar-refractivity contribution >= 4 is 11.3 Å². The van der Waals surface area contributed by atoms with Gasteiger partial charge in [-0.2, -0.15) is 0 Å². The van der Waals surface area contributed by atoms with Crippen LogP contribution in [0.4, 0.5) is 4.39 Å². The van der Waals surface area contributed by atoms with E-state index in [2.05, 4.69) is 9.97 Å². The fourth-order valence-electron chi connectivity index (χ4n) is 1.55. The van der Waals surface area contributed by atoms with Crippen LogP contribution in [0.1, 0.15) is 27.2 Å². The van der Waals surface area contributed by atoms with Gasteiger partial charge in [-0.05, 0) is 19.9 Å². The minimum absolute atomic E-state index is 0.238. The summed E-state index contributed by atoms with van der Waals surface area (Å²) in [5, 5.41) is 10.9. The van der Waals surface area contributed by atoms with Gasteiger partial charge in [-0.25, -0.2) is 9.37 Å². The Labute approximate surface area is 96.6 Å². The molecule has 84 valence electrons. The van der Waals surface area contributed by atoms with Gasteiger partial charge in [-0.15, -0.1) is 11.3 Å². The normalized spacial score (nSPS) is 12.8. The van der Waals surface area contributed by atoms with Gasteiger partial charge >= 0.3 is 0 Å². The van der Waals surface area contributed by atoms with Crippen LogP contribution in [0, 0.1) is 19.7 Å². The van der Waals surface area contributed by atoms with E-state index in [1.165, 1.54) is 23.6 Å². The average molecular weight is 238 g/mol. The highest BCUT2D eigenvalue weighted by Crippen LogP contribution is 2.30. The van der Waals surface area contributed by atoms with Crippen LogP contribution in [0.5, 0.6) is 0 Å². The molecule has 1 unspecified atom stereocenters. The molecule has 0 aliphatic rings. The maximum absolute atomic E-state index is 13.4. The highest BCUT2D eigenvalue weighted by molar-refractivity contribution is 7.11. The molecule has 16 heavy (non-hydrogen) atoms. The summed E-state index contributed by atoms with van der Waals surface area (Å²) in [5.41, 5.74) is 0.980. The molecule has 1 atom stereocenters. The van der Waals surface area contributed by atoms with Crippen molar-refractivity contribution in [3.63, 3.8) is 0 Å². The molecule has 2 rings (SSSR count). The molecule has 0 aliphatic heterocycles. The molecule has 0 bridgehead atoms. The van der Waals surface area contributed by atoms with E-state index in [1.54, 1.807) is 6.92 Å². The lowest BCUT2D eigenvalue weighted by Crippen LogP contribution is -2.02. The van der Waals surface area contributed by atoms with Gasteiger partial charge in [-0.3, -0.25) is 4.98 Å². The van der Waals surface area contributed by atoms with Gasteiger partial charge in [-0.1, -0.05) is 0 Å². The number of hydrogen-bond donors (Lipinski definition) is 1. The van der Waals surface area contributed by atoms with Gasteiger partial charge in [0.25, 0.3) is 0 Å². The quantitative estimate of drug-likeness (QED) is 0.873. The van der Waals surface area contributed by atoms with Crippen molar-refractivity contribution in [2.45, 2.75) is 20.0 Å². The van der Waals surface area contributed by atoms with E-state index >= 15 is 0 Å².